The van der Waals surface area contributed by atoms with Gasteiger partial charge in [0.2, 0.25) is 17.8 Å². The molecule has 10 nitrogen and oxygen atoms in total. The number of carbonyl (C=O) groups excluding carboxylic acids is 1. The predicted molar refractivity (Wildman–Crippen MR) is 97.3 cm³/mol. The summed E-state index contributed by atoms with van der Waals surface area (Å²) in [5.74, 6) is 0.650. The first kappa shape index (κ1) is 17.6. The zero-order valence-electron chi connectivity index (χ0n) is 14.3. The number of carbonyl (C=O) groups is 1. The molecular formula is C16H21N7O3. The highest BCUT2D eigenvalue weighted by molar-refractivity contribution is 5.89. The molecule has 1 aliphatic rings. The Bertz CT molecular complexity index is 771. The molecule has 0 atom stereocenters. The third-order valence-corrected chi connectivity index (χ3v) is 4.14. The van der Waals surface area contributed by atoms with Crippen LogP contribution in [0.4, 0.5) is 23.3 Å². The fraction of sp³-hybridized carbons (Fsp3) is 0.438. The van der Waals surface area contributed by atoms with Crippen molar-refractivity contribution in [2.75, 3.05) is 35.2 Å². The quantitative estimate of drug-likeness (QED) is 0.510. The molecule has 1 amide bonds. The van der Waals surface area contributed by atoms with Gasteiger partial charge in [0.25, 0.3) is 5.69 Å². The Balaban J connectivity index is 1.47. The number of nitro benzene ring substituents is 1. The standard InChI is InChI=1S/C16H21N7O3/c24-14(8-9-17-12-6-2-3-7-13(12)23(25)26)18-15-19-16(21-20-15)22-10-4-1-5-11-22/h2-3,6-7,17H,1,4-5,8-11H2,(H2,18,19,20,21,24). The molecule has 0 aliphatic carbocycles. The van der Waals surface area contributed by atoms with Crippen LogP contribution in [0.25, 0.3) is 0 Å². The van der Waals surface area contributed by atoms with Crippen molar-refractivity contribution in [2.45, 2.75) is 25.7 Å². The van der Waals surface area contributed by atoms with E-state index in [0.29, 0.717) is 17.6 Å². The number of benzene rings is 1. The number of nitro groups is 1. The van der Waals surface area contributed by atoms with Crippen LogP contribution in [0, 0.1) is 10.1 Å². The number of hydrogen-bond donors (Lipinski definition) is 3. The van der Waals surface area contributed by atoms with Crippen LogP contribution in [-0.2, 0) is 4.79 Å². The average molecular weight is 359 g/mol. The second kappa shape index (κ2) is 8.28. The van der Waals surface area contributed by atoms with E-state index < -0.39 is 4.92 Å². The number of aromatic amines is 1. The largest absolute Gasteiger partial charge is 0.379 e. The monoisotopic (exact) mass is 359 g/mol. The number of nitrogens with one attached hydrogen (secondary N) is 3. The topological polar surface area (TPSA) is 129 Å². The van der Waals surface area contributed by atoms with Crippen LogP contribution in [-0.4, -0.2) is 45.6 Å². The molecule has 0 bridgehead atoms. The summed E-state index contributed by atoms with van der Waals surface area (Å²) in [5.41, 5.74) is 0.367. The fourth-order valence-corrected chi connectivity index (χ4v) is 2.83. The molecule has 26 heavy (non-hydrogen) atoms. The van der Waals surface area contributed by atoms with Crippen molar-refractivity contribution in [3.05, 3.63) is 34.4 Å². The number of rotatable bonds is 7. The smallest absolute Gasteiger partial charge is 0.292 e. The highest BCUT2D eigenvalue weighted by Gasteiger charge is 2.16. The number of amides is 1. The second-order valence-corrected chi connectivity index (χ2v) is 6.03. The number of piperidine rings is 1. The SMILES string of the molecule is O=C(CCNc1ccccc1[N+](=O)[O-])Nc1nc(N2CCCCC2)n[nH]1. The van der Waals surface area contributed by atoms with Gasteiger partial charge in [-0.2, -0.15) is 4.98 Å². The Morgan fingerprint density at radius 2 is 2.04 bits per heavy atom. The van der Waals surface area contributed by atoms with Gasteiger partial charge in [0.05, 0.1) is 4.92 Å². The molecule has 0 saturated carbocycles. The van der Waals surface area contributed by atoms with Crippen LogP contribution >= 0.6 is 0 Å². The maximum absolute atomic E-state index is 12.0. The van der Waals surface area contributed by atoms with Gasteiger partial charge in [0.1, 0.15) is 5.69 Å². The Kier molecular flexibility index (Phi) is 5.62. The van der Waals surface area contributed by atoms with Crippen LogP contribution < -0.4 is 15.5 Å². The first-order chi connectivity index (χ1) is 12.6. The van der Waals surface area contributed by atoms with Gasteiger partial charge in [0, 0.05) is 32.1 Å². The molecule has 1 aromatic carbocycles. The zero-order chi connectivity index (χ0) is 18.4. The lowest BCUT2D eigenvalue weighted by atomic mass is 10.1. The summed E-state index contributed by atoms with van der Waals surface area (Å²) in [4.78, 5) is 28.9. The summed E-state index contributed by atoms with van der Waals surface area (Å²) in [5, 5.41) is 23.4. The maximum Gasteiger partial charge on any atom is 0.292 e. The highest BCUT2D eigenvalue weighted by Crippen LogP contribution is 2.23. The van der Waals surface area contributed by atoms with Gasteiger partial charge in [-0.1, -0.05) is 12.1 Å². The molecule has 3 rings (SSSR count). The number of nitrogens with zero attached hydrogens (tertiary/aromatic N) is 4. The first-order valence-corrected chi connectivity index (χ1v) is 8.58. The van der Waals surface area contributed by atoms with Gasteiger partial charge < -0.3 is 10.2 Å². The van der Waals surface area contributed by atoms with Gasteiger partial charge in [-0.15, -0.1) is 5.10 Å². The molecule has 2 heterocycles. The molecule has 1 aromatic heterocycles. The predicted octanol–water partition coefficient (Wildman–Crippen LogP) is 2.14. The molecule has 10 heteroatoms. The van der Waals surface area contributed by atoms with Gasteiger partial charge in [-0.05, 0) is 25.3 Å². The molecule has 3 N–H and O–H groups in total. The minimum Gasteiger partial charge on any atom is -0.379 e. The fourth-order valence-electron chi connectivity index (χ4n) is 2.83. The van der Waals surface area contributed by atoms with E-state index >= 15 is 0 Å². The first-order valence-electron chi connectivity index (χ1n) is 8.58. The summed E-state index contributed by atoms with van der Waals surface area (Å²) in [6, 6.07) is 6.32. The van der Waals surface area contributed by atoms with Gasteiger partial charge in [-0.25, -0.2) is 5.10 Å². The lowest BCUT2D eigenvalue weighted by molar-refractivity contribution is -0.384. The summed E-state index contributed by atoms with van der Waals surface area (Å²) < 4.78 is 0. The lowest BCUT2D eigenvalue weighted by Crippen LogP contribution is -2.30. The third kappa shape index (κ3) is 4.47. The van der Waals surface area contributed by atoms with Crippen LogP contribution in [0.3, 0.4) is 0 Å². The Labute approximate surface area is 150 Å². The van der Waals surface area contributed by atoms with E-state index in [9.17, 15) is 14.9 Å². The Morgan fingerprint density at radius 3 is 2.81 bits per heavy atom. The number of aromatic nitrogens is 3. The molecular weight excluding hydrogens is 338 g/mol. The maximum atomic E-state index is 12.0. The summed E-state index contributed by atoms with van der Waals surface area (Å²) in [6.45, 7) is 2.11. The molecule has 1 aliphatic heterocycles. The second-order valence-electron chi connectivity index (χ2n) is 6.03. The van der Waals surface area contributed by atoms with Crippen molar-refractivity contribution >= 4 is 29.2 Å². The molecule has 0 radical (unpaired) electrons. The van der Waals surface area contributed by atoms with E-state index in [-0.39, 0.29) is 24.6 Å². The van der Waals surface area contributed by atoms with Crippen molar-refractivity contribution in [1.29, 1.82) is 0 Å². The van der Waals surface area contributed by atoms with E-state index in [2.05, 4.69) is 30.7 Å². The van der Waals surface area contributed by atoms with Gasteiger partial charge >= 0.3 is 0 Å². The minimum atomic E-state index is -0.459. The molecule has 0 unspecified atom stereocenters. The normalized spacial score (nSPS) is 14.1. The lowest BCUT2D eigenvalue weighted by Gasteiger charge is -2.24. The van der Waals surface area contributed by atoms with Crippen molar-refractivity contribution in [1.82, 2.24) is 15.2 Å². The summed E-state index contributed by atoms with van der Waals surface area (Å²) in [7, 11) is 0. The average Bonchev–Trinajstić information content (AvgIpc) is 3.11. The van der Waals surface area contributed by atoms with Crippen LogP contribution in [0.5, 0.6) is 0 Å². The Morgan fingerprint density at radius 1 is 1.27 bits per heavy atom. The van der Waals surface area contributed by atoms with Gasteiger partial charge in [0.15, 0.2) is 0 Å². The molecule has 0 spiro atoms. The molecule has 2 aromatic rings. The van der Waals surface area contributed by atoms with Crippen LogP contribution in [0.15, 0.2) is 24.3 Å². The zero-order valence-corrected chi connectivity index (χ0v) is 14.3. The number of para-hydroxylation sites is 2. The van der Waals surface area contributed by atoms with Crippen molar-refractivity contribution in [3.63, 3.8) is 0 Å². The highest BCUT2D eigenvalue weighted by atomic mass is 16.6. The van der Waals surface area contributed by atoms with E-state index in [0.717, 1.165) is 25.9 Å². The van der Waals surface area contributed by atoms with E-state index in [1.807, 2.05) is 0 Å². The van der Waals surface area contributed by atoms with Crippen LogP contribution in [0.2, 0.25) is 0 Å². The van der Waals surface area contributed by atoms with E-state index in [4.69, 9.17) is 0 Å². The number of H-pyrrole nitrogens is 1. The molecule has 138 valence electrons. The number of anilines is 3. The van der Waals surface area contributed by atoms with Crippen LogP contribution in [0.1, 0.15) is 25.7 Å². The number of hydrogen-bond acceptors (Lipinski definition) is 7. The summed E-state index contributed by atoms with van der Waals surface area (Å²) >= 11 is 0. The van der Waals surface area contributed by atoms with Crippen molar-refractivity contribution in [3.8, 4) is 0 Å². The van der Waals surface area contributed by atoms with Crippen molar-refractivity contribution in [2.24, 2.45) is 0 Å². The summed E-state index contributed by atoms with van der Waals surface area (Å²) in [6.07, 6.45) is 3.60. The van der Waals surface area contributed by atoms with Crippen molar-refractivity contribution < 1.29 is 9.72 Å². The minimum absolute atomic E-state index is 0.0192. The third-order valence-electron chi connectivity index (χ3n) is 4.14. The van der Waals surface area contributed by atoms with Gasteiger partial charge in [-0.3, -0.25) is 20.2 Å². The molecule has 1 fully saturated rings. The van der Waals surface area contributed by atoms with E-state index in [1.165, 1.54) is 12.5 Å². The molecule has 1 saturated heterocycles. The Hall–Kier alpha value is -3.17. The van der Waals surface area contributed by atoms with E-state index in [1.54, 1.807) is 18.2 Å².